The fraction of sp³-hybridized carbons (Fsp3) is 0.333. The Hall–Kier alpha value is -1.46. The van der Waals surface area contributed by atoms with Gasteiger partial charge in [-0.25, -0.2) is 4.98 Å². The van der Waals surface area contributed by atoms with Crippen molar-refractivity contribution in [1.82, 2.24) is 14.9 Å². The van der Waals surface area contributed by atoms with Crippen molar-refractivity contribution in [2.45, 2.75) is 13.5 Å². The van der Waals surface area contributed by atoms with E-state index in [-0.39, 0.29) is 5.56 Å². The number of aryl methyl sites for hydroxylation is 1. The van der Waals surface area contributed by atoms with E-state index in [0.29, 0.717) is 6.54 Å². The molecule has 0 fully saturated rings. The van der Waals surface area contributed by atoms with Crippen molar-refractivity contribution in [2.75, 3.05) is 13.1 Å². The molecule has 4 nitrogen and oxygen atoms in total. The van der Waals surface area contributed by atoms with Crippen LogP contribution >= 0.6 is 11.3 Å². The zero-order valence-electron chi connectivity index (χ0n) is 9.77. The van der Waals surface area contributed by atoms with E-state index in [9.17, 15) is 4.79 Å². The number of hydrogen-bond acceptors (Lipinski definition) is 4. The van der Waals surface area contributed by atoms with Gasteiger partial charge in [-0.1, -0.05) is 6.08 Å². The summed E-state index contributed by atoms with van der Waals surface area (Å²) in [7, 11) is 0. The Labute approximate surface area is 104 Å². The number of rotatable bonds is 5. The van der Waals surface area contributed by atoms with Crippen LogP contribution in [0.2, 0.25) is 0 Å². The highest BCUT2D eigenvalue weighted by molar-refractivity contribution is 7.17. The lowest BCUT2D eigenvalue weighted by Gasteiger charge is -2.05. The third-order valence-electron chi connectivity index (χ3n) is 2.54. The molecule has 90 valence electrons. The summed E-state index contributed by atoms with van der Waals surface area (Å²) in [5, 5.41) is 5.13. The summed E-state index contributed by atoms with van der Waals surface area (Å²) in [6, 6.07) is 0. The second kappa shape index (κ2) is 5.25. The van der Waals surface area contributed by atoms with Gasteiger partial charge >= 0.3 is 0 Å². The molecule has 0 aliphatic carbocycles. The molecule has 0 saturated heterocycles. The second-order valence-electron chi connectivity index (χ2n) is 3.83. The molecular weight excluding hydrogens is 234 g/mol. The zero-order chi connectivity index (χ0) is 12.3. The van der Waals surface area contributed by atoms with E-state index < -0.39 is 0 Å². The van der Waals surface area contributed by atoms with E-state index in [0.717, 1.165) is 28.9 Å². The van der Waals surface area contributed by atoms with Gasteiger partial charge in [-0.05, 0) is 17.9 Å². The van der Waals surface area contributed by atoms with Crippen molar-refractivity contribution in [2.24, 2.45) is 0 Å². The molecule has 0 aromatic carbocycles. The summed E-state index contributed by atoms with van der Waals surface area (Å²) in [6.45, 7) is 7.72. The van der Waals surface area contributed by atoms with Crippen molar-refractivity contribution in [3.05, 3.63) is 40.3 Å². The Kier molecular flexibility index (Phi) is 3.71. The van der Waals surface area contributed by atoms with Gasteiger partial charge in [0.2, 0.25) is 0 Å². The first-order valence-corrected chi connectivity index (χ1v) is 6.37. The van der Waals surface area contributed by atoms with Crippen LogP contribution in [0, 0.1) is 6.92 Å². The lowest BCUT2D eigenvalue weighted by Crippen LogP contribution is -2.27. The van der Waals surface area contributed by atoms with Crippen LogP contribution in [0.15, 0.2) is 29.2 Å². The Morgan fingerprint density at radius 2 is 2.47 bits per heavy atom. The molecule has 17 heavy (non-hydrogen) atoms. The molecule has 0 spiro atoms. The first kappa shape index (κ1) is 12.0. The fourth-order valence-corrected chi connectivity index (χ4v) is 2.57. The van der Waals surface area contributed by atoms with E-state index in [4.69, 9.17) is 0 Å². The van der Waals surface area contributed by atoms with Crippen LogP contribution in [0.3, 0.4) is 0 Å². The molecule has 5 heteroatoms. The Morgan fingerprint density at radius 3 is 3.24 bits per heavy atom. The Bertz CT molecular complexity index is 585. The second-order valence-corrected chi connectivity index (χ2v) is 4.71. The summed E-state index contributed by atoms with van der Waals surface area (Å²) in [4.78, 5) is 16.4. The average Bonchev–Trinajstić information content (AvgIpc) is 2.70. The minimum absolute atomic E-state index is 0.0495. The normalized spacial score (nSPS) is 10.9. The van der Waals surface area contributed by atoms with Crippen molar-refractivity contribution in [3.63, 3.8) is 0 Å². The molecule has 0 atom stereocenters. The highest BCUT2D eigenvalue weighted by Gasteiger charge is 2.07. The number of fused-ring (bicyclic) bond motifs is 1. The molecule has 1 N–H and O–H groups in total. The summed E-state index contributed by atoms with van der Waals surface area (Å²) in [5.41, 5.74) is 1.95. The standard InChI is InChI=1S/C12H15N3OS/c1-3-4-13-5-6-15-8-14-10-9(2)7-17-11(10)12(15)16/h3,7-8,13H,1,4-6H2,2H3. The molecule has 2 rings (SSSR count). The predicted molar refractivity (Wildman–Crippen MR) is 71.7 cm³/mol. The highest BCUT2D eigenvalue weighted by atomic mass is 32.1. The maximum Gasteiger partial charge on any atom is 0.271 e. The van der Waals surface area contributed by atoms with Gasteiger partial charge in [-0.3, -0.25) is 9.36 Å². The molecule has 0 aliphatic rings. The smallest absolute Gasteiger partial charge is 0.271 e. The summed E-state index contributed by atoms with van der Waals surface area (Å²) < 4.78 is 2.39. The lowest BCUT2D eigenvalue weighted by atomic mass is 10.3. The molecule has 0 amide bonds. The van der Waals surface area contributed by atoms with Gasteiger partial charge in [0.1, 0.15) is 4.70 Å². The topological polar surface area (TPSA) is 46.9 Å². The first-order chi connectivity index (χ1) is 8.24. The molecule has 0 saturated carbocycles. The van der Waals surface area contributed by atoms with Gasteiger partial charge < -0.3 is 5.32 Å². The minimum Gasteiger partial charge on any atom is -0.312 e. The number of thiophene rings is 1. The minimum atomic E-state index is 0.0495. The maximum atomic E-state index is 12.1. The lowest BCUT2D eigenvalue weighted by molar-refractivity contribution is 0.606. The molecule has 2 aromatic heterocycles. The van der Waals surface area contributed by atoms with Crippen molar-refractivity contribution in [1.29, 1.82) is 0 Å². The predicted octanol–water partition coefficient (Wildman–Crippen LogP) is 1.54. The molecular formula is C12H15N3OS. The maximum absolute atomic E-state index is 12.1. The van der Waals surface area contributed by atoms with Gasteiger partial charge in [0.15, 0.2) is 0 Å². The van der Waals surface area contributed by atoms with Gasteiger partial charge in [0, 0.05) is 19.6 Å². The molecule has 0 unspecified atom stereocenters. The van der Waals surface area contributed by atoms with Crippen LogP contribution in [0.4, 0.5) is 0 Å². The number of nitrogens with zero attached hydrogens (tertiary/aromatic N) is 2. The molecule has 2 heterocycles. The van der Waals surface area contributed by atoms with Gasteiger partial charge in [-0.2, -0.15) is 0 Å². The van der Waals surface area contributed by atoms with Crippen molar-refractivity contribution < 1.29 is 0 Å². The number of hydrogen-bond donors (Lipinski definition) is 1. The average molecular weight is 249 g/mol. The van der Waals surface area contributed by atoms with E-state index >= 15 is 0 Å². The molecule has 0 aliphatic heterocycles. The molecule has 0 bridgehead atoms. The Morgan fingerprint density at radius 1 is 1.65 bits per heavy atom. The van der Waals surface area contributed by atoms with Crippen molar-refractivity contribution >= 4 is 21.6 Å². The Balaban J connectivity index is 2.21. The first-order valence-electron chi connectivity index (χ1n) is 5.49. The van der Waals surface area contributed by atoms with Crippen LogP contribution in [0.25, 0.3) is 10.2 Å². The van der Waals surface area contributed by atoms with Gasteiger partial charge in [-0.15, -0.1) is 17.9 Å². The van der Waals surface area contributed by atoms with Crippen LogP contribution in [0.1, 0.15) is 5.56 Å². The quantitative estimate of drug-likeness (QED) is 0.646. The van der Waals surface area contributed by atoms with E-state index in [1.165, 1.54) is 11.3 Å². The highest BCUT2D eigenvalue weighted by Crippen LogP contribution is 2.19. The molecule has 0 radical (unpaired) electrons. The summed E-state index contributed by atoms with van der Waals surface area (Å²) in [6.07, 6.45) is 3.42. The van der Waals surface area contributed by atoms with Gasteiger partial charge in [0.25, 0.3) is 5.56 Å². The largest absolute Gasteiger partial charge is 0.312 e. The van der Waals surface area contributed by atoms with E-state index in [1.54, 1.807) is 17.0 Å². The van der Waals surface area contributed by atoms with Crippen LogP contribution < -0.4 is 10.9 Å². The SMILES string of the molecule is C=CCNCCn1cnc2c(C)csc2c1=O. The molecule has 2 aromatic rings. The number of nitrogens with one attached hydrogen (secondary N) is 1. The van der Waals surface area contributed by atoms with E-state index in [2.05, 4.69) is 16.9 Å². The third-order valence-corrected chi connectivity index (χ3v) is 3.62. The van der Waals surface area contributed by atoms with Gasteiger partial charge in [0.05, 0.1) is 11.8 Å². The number of aromatic nitrogens is 2. The third kappa shape index (κ3) is 2.45. The van der Waals surface area contributed by atoms with Crippen molar-refractivity contribution in [3.8, 4) is 0 Å². The van der Waals surface area contributed by atoms with Crippen LogP contribution in [-0.2, 0) is 6.54 Å². The summed E-state index contributed by atoms with van der Waals surface area (Å²) >= 11 is 1.47. The zero-order valence-corrected chi connectivity index (χ0v) is 10.6. The fourth-order valence-electron chi connectivity index (χ4n) is 1.62. The monoisotopic (exact) mass is 249 g/mol. The van der Waals surface area contributed by atoms with Crippen LogP contribution in [0.5, 0.6) is 0 Å². The van der Waals surface area contributed by atoms with E-state index in [1.807, 2.05) is 12.3 Å². The van der Waals surface area contributed by atoms with Crippen LogP contribution in [-0.4, -0.2) is 22.6 Å². The summed E-state index contributed by atoms with van der Waals surface area (Å²) in [5.74, 6) is 0.